The third-order valence-corrected chi connectivity index (χ3v) is 2.33. The van der Waals surface area contributed by atoms with E-state index in [0.29, 0.717) is 11.6 Å². The van der Waals surface area contributed by atoms with Crippen LogP contribution in [0.15, 0.2) is 36.7 Å². The molecule has 2 aromatic rings. The first-order chi connectivity index (χ1) is 8.16. The lowest BCUT2D eigenvalue weighted by atomic mass is 10.2. The Morgan fingerprint density at radius 3 is 2.59 bits per heavy atom. The fourth-order valence-corrected chi connectivity index (χ4v) is 1.52. The molecule has 1 aromatic carbocycles. The fourth-order valence-electron chi connectivity index (χ4n) is 1.26. The van der Waals surface area contributed by atoms with Crippen LogP contribution in [0.5, 0.6) is 0 Å². The van der Waals surface area contributed by atoms with Crippen molar-refractivity contribution in [2.24, 2.45) is 0 Å². The molecule has 0 aliphatic carbocycles. The Morgan fingerprint density at radius 2 is 2.00 bits per heavy atom. The quantitative estimate of drug-likeness (QED) is 0.874. The summed E-state index contributed by atoms with van der Waals surface area (Å²) in [6, 6.07) is 6.24. The number of benzene rings is 1. The lowest BCUT2D eigenvalue weighted by molar-refractivity contribution is 0.0697. The zero-order chi connectivity index (χ0) is 12.3. The maximum Gasteiger partial charge on any atom is 0.337 e. The highest BCUT2D eigenvalue weighted by Crippen LogP contribution is 2.22. The van der Waals surface area contributed by atoms with Crippen LogP contribution in [-0.4, -0.2) is 21.0 Å². The molecule has 2 N–H and O–H groups in total. The molecule has 0 aliphatic heterocycles. The number of rotatable bonds is 3. The van der Waals surface area contributed by atoms with Crippen molar-refractivity contribution in [1.29, 1.82) is 0 Å². The molecule has 0 saturated heterocycles. The van der Waals surface area contributed by atoms with Crippen molar-refractivity contribution in [2.75, 3.05) is 5.32 Å². The van der Waals surface area contributed by atoms with Crippen molar-refractivity contribution in [3.05, 3.63) is 47.2 Å². The lowest BCUT2D eigenvalue weighted by Crippen LogP contribution is -1.99. The molecule has 0 spiro atoms. The van der Waals surface area contributed by atoms with Crippen molar-refractivity contribution < 1.29 is 9.90 Å². The van der Waals surface area contributed by atoms with Gasteiger partial charge in [-0.05, 0) is 24.3 Å². The summed E-state index contributed by atoms with van der Waals surface area (Å²) in [5.74, 6) is -0.635. The number of nitrogens with one attached hydrogen (secondary N) is 1. The first-order valence-electron chi connectivity index (χ1n) is 4.74. The second kappa shape index (κ2) is 4.80. The van der Waals surface area contributed by atoms with Gasteiger partial charge in [-0.15, -0.1) is 0 Å². The number of nitrogens with zero attached hydrogens (tertiary/aromatic N) is 2. The Hall–Kier alpha value is -2.14. The maximum atomic E-state index is 10.8. The SMILES string of the molecule is O=C(O)c1ccc(Nc2ncccn2)cc1Cl. The lowest BCUT2D eigenvalue weighted by Gasteiger charge is -2.05. The van der Waals surface area contributed by atoms with Gasteiger partial charge in [0.05, 0.1) is 10.6 Å². The van der Waals surface area contributed by atoms with E-state index in [2.05, 4.69) is 15.3 Å². The molecule has 86 valence electrons. The Balaban J connectivity index is 2.24. The van der Waals surface area contributed by atoms with Crippen LogP contribution < -0.4 is 5.32 Å². The van der Waals surface area contributed by atoms with Crippen LogP contribution in [0.4, 0.5) is 11.6 Å². The van der Waals surface area contributed by atoms with Crippen molar-refractivity contribution in [2.45, 2.75) is 0 Å². The molecule has 0 fully saturated rings. The van der Waals surface area contributed by atoms with E-state index in [1.54, 1.807) is 24.5 Å². The van der Waals surface area contributed by atoms with Gasteiger partial charge in [0.25, 0.3) is 0 Å². The average Bonchev–Trinajstić information content (AvgIpc) is 2.30. The van der Waals surface area contributed by atoms with Crippen molar-refractivity contribution in [3.8, 4) is 0 Å². The summed E-state index contributed by atoms with van der Waals surface area (Å²) in [6.07, 6.45) is 3.20. The van der Waals surface area contributed by atoms with E-state index >= 15 is 0 Å². The van der Waals surface area contributed by atoms with Gasteiger partial charge >= 0.3 is 5.97 Å². The Morgan fingerprint density at radius 1 is 1.29 bits per heavy atom. The van der Waals surface area contributed by atoms with Gasteiger partial charge in [-0.3, -0.25) is 0 Å². The summed E-state index contributed by atoms with van der Waals surface area (Å²) in [5.41, 5.74) is 0.692. The number of hydrogen-bond acceptors (Lipinski definition) is 4. The van der Waals surface area contributed by atoms with Gasteiger partial charge in [0.2, 0.25) is 5.95 Å². The molecule has 0 bridgehead atoms. The highest BCUT2D eigenvalue weighted by molar-refractivity contribution is 6.33. The van der Waals surface area contributed by atoms with Crippen LogP contribution in [0, 0.1) is 0 Å². The highest BCUT2D eigenvalue weighted by Gasteiger charge is 2.08. The zero-order valence-electron chi connectivity index (χ0n) is 8.59. The van der Waals surface area contributed by atoms with E-state index in [1.165, 1.54) is 12.1 Å². The molecule has 2 rings (SSSR count). The summed E-state index contributed by atoms with van der Waals surface area (Å²) >= 11 is 5.83. The fraction of sp³-hybridized carbons (Fsp3) is 0. The highest BCUT2D eigenvalue weighted by atomic mass is 35.5. The van der Waals surface area contributed by atoms with Gasteiger partial charge in [0, 0.05) is 18.1 Å². The Kier molecular flexibility index (Phi) is 3.20. The second-order valence-corrected chi connectivity index (χ2v) is 3.60. The summed E-state index contributed by atoms with van der Waals surface area (Å²) in [4.78, 5) is 18.7. The summed E-state index contributed by atoms with van der Waals surface area (Å²) in [6.45, 7) is 0. The maximum absolute atomic E-state index is 10.8. The zero-order valence-corrected chi connectivity index (χ0v) is 9.35. The first kappa shape index (κ1) is 11.3. The summed E-state index contributed by atoms with van der Waals surface area (Å²) < 4.78 is 0. The standard InChI is InChI=1S/C11H8ClN3O2/c12-9-6-7(2-3-8(9)10(16)17)15-11-13-4-1-5-14-11/h1-6H,(H,16,17)(H,13,14,15). The predicted octanol–water partition coefficient (Wildman–Crippen LogP) is 2.57. The van der Waals surface area contributed by atoms with Gasteiger partial charge < -0.3 is 10.4 Å². The van der Waals surface area contributed by atoms with E-state index in [4.69, 9.17) is 16.7 Å². The monoisotopic (exact) mass is 249 g/mol. The van der Waals surface area contributed by atoms with Crippen molar-refractivity contribution in [1.82, 2.24) is 9.97 Å². The molecular weight excluding hydrogens is 242 g/mol. The topological polar surface area (TPSA) is 75.1 Å². The number of carboxylic acids is 1. The molecule has 0 aliphatic rings. The van der Waals surface area contributed by atoms with Crippen LogP contribution in [0.2, 0.25) is 5.02 Å². The van der Waals surface area contributed by atoms with Crippen LogP contribution in [0.3, 0.4) is 0 Å². The number of aromatic nitrogens is 2. The van der Waals surface area contributed by atoms with E-state index in [-0.39, 0.29) is 10.6 Å². The van der Waals surface area contributed by atoms with E-state index in [9.17, 15) is 4.79 Å². The van der Waals surface area contributed by atoms with Crippen molar-refractivity contribution in [3.63, 3.8) is 0 Å². The third kappa shape index (κ3) is 2.70. The van der Waals surface area contributed by atoms with E-state index < -0.39 is 5.97 Å². The molecule has 0 atom stereocenters. The van der Waals surface area contributed by atoms with Crippen LogP contribution in [-0.2, 0) is 0 Å². The molecule has 0 unspecified atom stereocenters. The number of carbonyl (C=O) groups is 1. The predicted molar refractivity (Wildman–Crippen MR) is 63.7 cm³/mol. The van der Waals surface area contributed by atoms with Gasteiger partial charge in [-0.2, -0.15) is 0 Å². The van der Waals surface area contributed by atoms with Gasteiger partial charge in [-0.25, -0.2) is 14.8 Å². The largest absolute Gasteiger partial charge is 0.478 e. The molecule has 0 saturated carbocycles. The number of carboxylic acid groups (broad SMARTS) is 1. The molecule has 0 radical (unpaired) electrons. The minimum Gasteiger partial charge on any atom is -0.478 e. The molecule has 6 heteroatoms. The summed E-state index contributed by atoms with van der Waals surface area (Å²) in [5, 5.41) is 11.9. The van der Waals surface area contributed by atoms with Crippen LogP contribution in [0.25, 0.3) is 0 Å². The smallest absolute Gasteiger partial charge is 0.337 e. The normalized spacial score (nSPS) is 9.94. The Bertz CT molecular complexity index is 546. The number of halogens is 1. The molecule has 17 heavy (non-hydrogen) atoms. The van der Waals surface area contributed by atoms with Gasteiger partial charge in [0.15, 0.2) is 0 Å². The average molecular weight is 250 g/mol. The van der Waals surface area contributed by atoms with Gasteiger partial charge in [0.1, 0.15) is 0 Å². The van der Waals surface area contributed by atoms with E-state index in [0.717, 1.165) is 0 Å². The molecule has 5 nitrogen and oxygen atoms in total. The molecular formula is C11H8ClN3O2. The number of anilines is 2. The van der Waals surface area contributed by atoms with Gasteiger partial charge in [-0.1, -0.05) is 11.6 Å². The third-order valence-electron chi connectivity index (χ3n) is 2.02. The second-order valence-electron chi connectivity index (χ2n) is 3.20. The molecule has 1 heterocycles. The van der Waals surface area contributed by atoms with Crippen molar-refractivity contribution >= 4 is 29.2 Å². The number of hydrogen-bond donors (Lipinski definition) is 2. The number of aromatic carboxylic acids is 1. The first-order valence-corrected chi connectivity index (χ1v) is 5.11. The summed E-state index contributed by atoms with van der Waals surface area (Å²) in [7, 11) is 0. The minimum absolute atomic E-state index is 0.0613. The Labute approximate surface area is 102 Å². The van der Waals surface area contributed by atoms with Crippen LogP contribution >= 0.6 is 11.6 Å². The minimum atomic E-state index is -1.06. The molecule has 0 amide bonds. The van der Waals surface area contributed by atoms with Crippen LogP contribution in [0.1, 0.15) is 10.4 Å². The van der Waals surface area contributed by atoms with E-state index in [1.807, 2.05) is 0 Å². The molecule has 1 aromatic heterocycles.